The molecule has 1 aliphatic carbocycles. The van der Waals surface area contributed by atoms with Gasteiger partial charge in [-0.1, -0.05) is 29.3 Å². The Morgan fingerprint density at radius 2 is 1.92 bits per heavy atom. The second-order valence-electron chi connectivity index (χ2n) is 9.40. The Bertz CT molecular complexity index is 1270. The maximum atomic E-state index is 13.0. The second kappa shape index (κ2) is 11.5. The van der Waals surface area contributed by atoms with Crippen LogP contribution in [0, 0.1) is 0 Å². The lowest BCUT2D eigenvalue weighted by Crippen LogP contribution is -2.48. The number of pyridine rings is 1. The molecule has 7 nitrogen and oxygen atoms in total. The average Bonchev–Trinajstić information content (AvgIpc) is 3.36. The Hall–Kier alpha value is -2.49. The van der Waals surface area contributed by atoms with Crippen LogP contribution < -0.4 is 10.1 Å². The van der Waals surface area contributed by atoms with Crippen LogP contribution in [0.4, 0.5) is 0 Å². The molecule has 0 radical (unpaired) electrons. The van der Waals surface area contributed by atoms with Crippen LogP contribution in [0.15, 0.2) is 48.7 Å². The van der Waals surface area contributed by atoms with Gasteiger partial charge >= 0.3 is 0 Å². The van der Waals surface area contributed by atoms with Gasteiger partial charge in [0.25, 0.3) is 11.7 Å². The van der Waals surface area contributed by atoms with Gasteiger partial charge in [0.05, 0.1) is 32.1 Å². The number of nitrogens with one attached hydrogen (secondary N) is 1. The zero-order valence-electron chi connectivity index (χ0n) is 20.0. The first kappa shape index (κ1) is 26.1. The lowest BCUT2D eigenvalue weighted by atomic mass is 10.0. The third kappa shape index (κ3) is 6.51. The Kier molecular flexibility index (Phi) is 8.12. The van der Waals surface area contributed by atoms with Gasteiger partial charge < -0.3 is 20.1 Å². The highest BCUT2D eigenvalue weighted by atomic mass is 35.5. The molecule has 2 fully saturated rings. The average molecular weight is 561 g/mol. The van der Waals surface area contributed by atoms with Gasteiger partial charge in [0.1, 0.15) is 11.9 Å². The van der Waals surface area contributed by atoms with Crippen molar-refractivity contribution < 1.29 is 19.4 Å². The van der Waals surface area contributed by atoms with Crippen molar-refractivity contribution in [3.8, 4) is 16.3 Å². The summed E-state index contributed by atoms with van der Waals surface area (Å²) in [7, 11) is 0. The predicted octanol–water partition coefficient (Wildman–Crippen LogP) is 5.16. The van der Waals surface area contributed by atoms with Crippen molar-refractivity contribution >= 4 is 46.2 Å². The number of aliphatic hydroxyl groups is 1. The summed E-state index contributed by atoms with van der Waals surface area (Å²) in [6, 6.07) is 11.3. The lowest BCUT2D eigenvalue weighted by molar-refractivity contribution is -0.118. The smallest absolute Gasteiger partial charge is 0.292 e. The minimum absolute atomic E-state index is 0.169. The molecule has 1 aromatic carbocycles. The van der Waals surface area contributed by atoms with Crippen LogP contribution in [-0.4, -0.2) is 58.5 Å². The number of amides is 1. The molecule has 1 saturated heterocycles. The maximum Gasteiger partial charge on any atom is 0.292 e. The number of benzene rings is 1. The zero-order valence-corrected chi connectivity index (χ0v) is 22.4. The number of carbonyl (C=O) groups is 2. The van der Waals surface area contributed by atoms with E-state index in [0.717, 1.165) is 43.6 Å². The molecule has 2 N–H and O–H groups in total. The molecule has 10 heteroatoms. The fourth-order valence-electron chi connectivity index (χ4n) is 4.35. The van der Waals surface area contributed by atoms with E-state index in [0.29, 0.717) is 32.9 Å². The Balaban J connectivity index is 1.30. The first-order valence-corrected chi connectivity index (χ1v) is 13.9. The van der Waals surface area contributed by atoms with E-state index < -0.39 is 23.8 Å². The van der Waals surface area contributed by atoms with E-state index >= 15 is 0 Å². The predicted molar refractivity (Wildman–Crippen MR) is 145 cm³/mol. The normalized spacial score (nSPS) is 17.4. The molecule has 1 aliphatic heterocycles. The molecule has 2 aromatic heterocycles. The van der Waals surface area contributed by atoms with Crippen LogP contribution in [-0.2, 0) is 4.79 Å². The Morgan fingerprint density at radius 1 is 1.14 bits per heavy atom. The van der Waals surface area contributed by atoms with Crippen LogP contribution in [0.2, 0.25) is 9.36 Å². The number of thiophene rings is 1. The fourth-order valence-corrected chi connectivity index (χ4v) is 5.61. The van der Waals surface area contributed by atoms with Crippen molar-refractivity contribution in [2.75, 3.05) is 19.6 Å². The number of halogens is 2. The molecular formula is C27H27Cl2N3O4S. The number of rotatable bonds is 10. The van der Waals surface area contributed by atoms with Gasteiger partial charge in [-0.25, -0.2) is 0 Å². The zero-order chi connectivity index (χ0) is 25.9. The minimum atomic E-state index is -1.06. The molecule has 2 atom stereocenters. The van der Waals surface area contributed by atoms with E-state index in [4.69, 9.17) is 27.9 Å². The molecule has 3 heterocycles. The number of hydrogen-bond donors (Lipinski definition) is 2. The molecule has 37 heavy (non-hydrogen) atoms. The summed E-state index contributed by atoms with van der Waals surface area (Å²) in [5.74, 6) is -0.930. The third-order valence-electron chi connectivity index (χ3n) is 6.52. The summed E-state index contributed by atoms with van der Waals surface area (Å²) in [5.41, 5.74) is 1.39. The van der Waals surface area contributed by atoms with E-state index in [9.17, 15) is 14.7 Å². The minimum Gasteiger partial charge on any atom is -0.489 e. The van der Waals surface area contributed by atoms with Crippen LogP contribution in [0.3, 0.4) is 0 Å². The number of Topliss-reactive ketones (excluding diaryl/α,β-unsaturated/α-hetero) is 1. The van der Waals surface area contributed by atoms with Crippen molar-refractivity contribution in [2.45, 2.75) is 43.9 Å². The van der Waals surface area contributed by atoms with E-state index in [1.165, 1.54) is 17.5 Å². The van der Waals surface area contributed by atoms with E-state index in [-0.39, 0.29) is 11.7 Å². The summed E-state index contributed by atoms with van der Waals surface area (Å²) < 4.78 is 6.44. The largest absolute Gasteiger partial charge is 0.489 e. The fraction of sp³-hybridized carbons (Fsp3) is 0.370. The lowest BCUT2D eigenvalue weighted by Gasteiger charge is -2.28. The Morgan fingerprint density at radius 3 is 2.54 bits per heavy atom. The SMILES string of the molecule is O=C(NC(CN1CCCC1)C(O)c1ccc(OC2CC2)c(Cl)c1)C(=O)c1ccc(-c2ccc(Cl)s2)nc1. The summed E-state index contributed by atoms with van der Waals surface area (Å²) >= 11 is 13.8. The summed E-state index contributed by atoms with van der Waals surface area (Å²) in [6.07, 6.45) is 4.67. The highest BCUT2D eigenvalue weighted by Crippen LogP contribution is 2.34. The molecule has 0 bridgehead atoms. The molecule has 1 amide bonds. The third-order valence-corrected chi connectivity index (χ3v) is 8.07. The van der Waals surface area contributed by atoms with Crippen LogP contribution in [0.25, 0.3) is 10.6 Å². The number of likely N-dealkylation sites (tertiary alicyclic amines) is 1. The molecule has 1 saturated carbocycles. The van der Waals surface area contributed by atoms with Gasteiger partial charge in [0.15, 0.2) is 0 Å². The molecular weight excluding hydrogens is 533 g/mol. The number of aromatic nitrogens is 1. The molecule has 194 valence electrons. The van der Waals surface area contributed by atoms with Gasteiger partial charge in [-0.15, -0.1) is 11.3 Å². The van der Waals surface area contributed by atoms with Crippen LogP contribution in [0.5, 0.6) is 5.75 Å². The standard InChI is InChI=1S/C27H27Cl2N3O4S/c28-19-13-16(4-8-22(19)36-18-5-6-18)25(33)21(15-32-11-1-2-12-32)31-27(35)26(34)17-3-7-20(30-14-17)23-9-10-24(29)37-23/h3-4,7-10,13-14,18,21,25,33H,1-2,5-6,11-12,15H2,(H,31,35). The quantitative estimate of drug-likeness (QED) is 0.263. The van der Waals surface area contributed by atoms with Gasteiger partial charge in [-0.2, -0.15) is 0 Å². The van der Waals surface area contributed by atoms with Crippen molar-refractivity contribution in [1.29, 1.82) is 0 Å². The molecule has 5 rings (SSSR count). The topological polar surface area (TPSA) is 91.8 Å². The van der Waals surface area contributed by atoms with Crippen molar-refractivity contribution in [3.05, 3.63) is 69.1 Å². The first-order valence-electron chi connectivity index (χ1n) is 12.3. The van der Waals surface area contributed by atoms with Gasteiger partial charge in [0.2, 0.25) is 0 Å². The highest BCUT2D eigenvalue weighted by molar-refractivity contribution is 7.19. The van der Waals surface area contributed by atoms with Crippen LogP contribution >= 0.6 is 34.5 Å². The maximum absolute atomic E-state index is 13.0. The van der Waals surface area contributed by atoms with Gasteiger partial charge in [-0.05, 0) is 80.7 Å². The molecule has 2 aliphatic rings. The first-order chi connectivity index (χ1) is 17.9. The van der Waals surface area contributed by atoms with Gasteiger partial charge in [-0.3, -0.25) is 14.6 Å². The summed E-state index contributed by atoms with van der Waals surface area (Å²) in [4.78, 5) is 33.3. The van der Waals surface area contributed by atoms with Crippen molar-refractivity contribution in [1.82, 2.24) is 15.2 Å². The van der Waals surface area contributed by atoms with E-state index in [1.807, 2.05) is 6.07 Å². The highest BCUT2D eigenvalue weighted by Gasteiger charge is 2.30. The molecule has 0 spiro atoms. The molecule has 3 aromatic rings. The van der Waals surface area contributed by atoms with Crippen molar-refractivity contribution in [2.24, 2.45) is 0 Å². The van der Waals surface area contributed by atoms with Gasteiger partial charge in [0, 0.05) is 18.3 Å². The number of aliphatic hydroxyl groups excluding tert-OH is 1. The number of hydrogen-bond acceptors (Lipinski definition) is 7. The number of ether oxygens (including phenoxy) is 1. The van der Waals surface area contributed by atoms with E-state index in [2.05, 4.69) is 15.2 Å². The summed E-state index contributed by atoms with van der Waals surface area (Å²) in [5, 5.41) is 14.4. The summed E-state index contributed by atoms with van der Waals surface area (Å²) in [6.45, 7) is 2.16. The number of carbonyl (C=O) groups excluding carboxylic acids is 2. The van der Waals surface area contributed by atoms with Crippen LogP contribution in [0.1, 0.15) is 47.7 Å². The molecule has 2 unspecified atom stereocenters. The Labute approximate surface area is 229 Å². The van der Waals surface area contributed by atoms with E-state index in [1.54, 1.807) is 36.4 Å². The van der Waals surface area contributed by atoms with Crippen molar-refractivity contribution in [3.63, 3.8) is 0 Å². The monoisotopic (exact) mass is 559 g/mol. The number of ketones is 1. The second-order valence-corrected chi connectivity index (χ2v) is 11.5. The number of nitrogens with zero attached hydrogens (tertiary/aromatic N) is 2.